The summed E-state index contributed by atoms with van der Waals surface area (Å²) < 4.78 is 13.5. The number of aromatic amines is 1. The molecule has 6 heteroatoms. The fourth-order valence-electron chi connectivity index (χ4n) is 4.33. The number of aromatic nitrogens is 3. The molecule has 4 heterocycles. The van der Waals surface area contributed by atoms with Crippen molar-refractivity contribution in [1.29, 1.82) is 0 Å². The van der Waals surface area contributed by atoms with Crippen molar-refractivity contribution in [3.8, 4) is 22.4 Å². The molecule has 3 aromatic heterocycles. The zero-order valence-electron chi connectivity index (χ0n) is 17.7. The van der Waals surface area contributed by atoms with Crippen LogP contribution in [-0.4, -0.2) is 28.0 Å². The summed E-state index contributed by atoms with van der Waals surface area (Å²) in [5.74, 6) is 0.883. The summed E-state index contributed by atoms with van der Waals surface area (Å²) in [7, 11) is 0. The molecule has 4 aromatic rings. The number of benzene rings is 1. The average Bonchev–Trinajstić information content (AvgIpc) is 3.23. The number of pyridine rings is 2. The fourth-order valence-corrected chi connectivity index (χ4v) is 4.33. The molecule has 5 nitrogen and oxygen atoms in total. The van der Waals surface area contributed by atoms with E-state index in [1.54, 1.807) is 24.5 Å². The summed E-state index contributed by atoms with van der Waals surface area (Å²) >= 11 is 0. The van der Waals surface area contributed by atoms with E-state index in [9.17, 15) is 4.39 Å². The summed E-state index contributed by atoms with van der Waals surface area (Å²) in [6.45, 7) is 5.88. The maximum Gasteiger partial charge on any atom is 0.140 e. The highest BCUT2D eigenvalue weighted by Gasteiger charge is 2.20. The lowest BCUT2D eigenvalue weighted by Gasteiger charge is -2.24. The molecule has 0 unspecified atom stereocenters. The molecule has 1 saturated heterocycles. The van der Waals surface area contributed by atoms with Gasteiger partial charge in [0, 0.05) is 29.3 Å². The summed E-state index contributed by atoms with van der Waals surface area (Å²) in [5, 5.41) is 7.81. The lowest BCUT2D eigenvalue weighted by Crippen LogP contribution is -2.30. The lowest BCUT2D eigenvalue weighted by atomic mass is 9.95. The Kier molecular flexibility index (Phi) is 5.55. The standard InChI is InChI=1S/C26H24FN5/c1-2-22(17-9-13-28-14-10-17)30-23-8-7-21-24(18-11-15-29-16-12-18)25(32-26(21)31-23)19-3-5-20(27)6-4-19/h3-8,11-12,15-17,28H,1,9-10,13-14H2,(H2,30,31,32). The highest BCUT2D eigenvalue weighted by molar-refractivity contribution is 6.02. The largest absolute Gasteiger partial charge is 0.339 e. The minimum Gasteiger partial charge on any atom is -0.339 e. The van der Waals surface area contributed by atoms with Crippen LogP contribution in [0.15, 0.2) is 78.9 Å². The Labute approximate surface area is 186 Å². The van der Waals surface area contributed by atoms with Gasteiger partial charge in [-0.05, 0) is 85.6 Å². The van der Waals surface area contributed by atoms with Crippen LogP contribution >= 0.6 is 0 Å². The SMILES string of the molecule is C=C=C(Nc1ccc2c(-c3ccncc3)c(-c3ccc(F)cc3)[nH]c2n1)C1CCNCC1. The highest BCUT2D eigenvalue weighted by Crippen LogP contribution is 2.38. The second-order valence-corrected chi connectivity index (χ2v) is 7.95. The van der Waals surface area contributed by atoms with Crippen molar-refractivity contribution in [2.24, 2.45) is 5.92 Å². The summed E-state index contributed by atoms with van der Waals surface area (Å²) in [4.78, 5) is 12.5. The third-order valence-corrected chi connectivity index (χ3v) is 5.96. The molecule has 1 aliphatic heterocycles. The zero-order valence-corrected chi connectivity index (χ0v) is 17.7. The number of fused-ring (bicyclic) bond motifs is 1. The normalized spacial score (nSPS) is 14.3. The molecule has 0 amide bonds. The minimum atomic E-state index is -0.262. The first-order valence-corrected chi connectivity index (χ1v) is 10.8. The maximum absolute atomic E-state index is 13.5. The van der Waals surface area contributed by atoms with Gasteiger partial charge in [-0.1, -0.05) is 6.58 Å². The van der Waals surface area contributed by atoms with Crippen LogP contribution in [0.1, 0.15) is 12.8 Å². The van der Waals surface area contributed by atoms with E-state index in [4.69, 9.17) is 4.98 Å². The number of nitrogens with zero attached hydrogens (tertiary/aromatic N) is 2. The van der Waals surface area contributed by atoms with Gasteiger partial charge in [0.2, 0.25) is 0 Å². The Morgan fingerprint density at radius 2 is 1.75 bits per heavy atom. The number of hydrogen-bond acceptors (Lipinski definition) is 4. The zero-order chi connectivity index (χ0) is 21.9. The van der Waals surface area contributed by atoms with Gasteiger partial charge >= 0.3 is 0 Å². The molecule has 32 heavy (non-hydrogen) atoms. The molecular weight excluding hydrogens is 401 g/mol. The lowest BCUT2D eigenvalue weighted by molar-refractivity contribution is 0.422. The van der Waals surface area contributed by atoms with Gasteiger partial charge in [-0.3, -0.25) is 4.98 Å². The Morgan fingerprint density at radius 3 is 2.47 bits per heavy atom. The number of piperidine rings is 1. The van der Waals surface area contributed by atoms with E-state index in [1.165, 1.54) is 12.1 Å². The van der Waals surface area contributed by atoms with E-state index >= 15 is 0 Å². The molecule has 0 atom stereocenters. The van der Waals surface area contributed by atoms with E-state index in [-0.39, 0.29) is 5.82 Å². The molecule has 0 saturated carbocycles. The monoisotopic (exact) mass is 425 g/mol. The summed E-state index contributed by atoms with van der Waals surface area (Å²) in [6.07, 6.45) is 5.64. The minimum absolute atomic E-state index is 0.262. The van der Waals surface area contributed by atoms with E-state index in [2.05, 4.69) is 39.0 Å². The smallest absolute Gasteiger partial charge is 0.140 e. The van der Waals surface area contributed by atoms with Gasteiger partial charge in [0.15, 0.2) is 0 Å². The Hall–Kier alpha value is -3.73. The van der Waals surface area contributed by atoms with Crippen molar-refractivity contribution in [1.82, 2.24) is 20.3 Å². The first-order valence-electron chi connectivity index (χ1n) is 10.8. The van der Waals surface area contributed by atoms with Crippen LogP contribution in [0.4, 0.5) is 10.2 Å². The van der Waals surface area contributed by atoms with Crippen LogP contribution in [-0.2, 0) is 0 Å². The second-order valence-electron chi connectivity index (χ2n) is 7.95. The van der Waals surface area contributed by atoms with Crippen molar-refractivity contribution in [2.75, 3.05) is 18.4 Å². The molecule has 0 bridgehead atoms. The Bertz CT molecular complexity index is 1280. The van der Waals surface area contributed by atoms with E-state index in [0.717, 1.165) is 70.9 Å². The van der Waals surface area contributed by atoms with Crippen LogP contribution in [0.3, 0.4) is 0 Å². The van der Waals surface area contributed by atoms with Gasteiger partial charge in [-0.2, -0.15) is 0 Å². The fraction of sp³-hybridized carbons (Fsp3) is 0.192. The summed E-state index contributed by atoms with van der Waals surface area (Å²) in [5.41, 5.74) is 8.65. The van der Waals surface area contributed by atoms with Crippen molar-refractivity contribution < 1.29 is 4.39 Å². The molecule has 1 aromatic carbocycles. The topological polar surface area (TPSA) is 65.6 Å². The third-order valence-electron chi connectivity index (χ3n) is 5.96. The van der Waals surface area contributed by atoms with Gasteiger partial charge in [-0.15, -0.1) is 5.73 Å². The van der Waals surface area contributed by atoms with Crippen LogP contribution in [0.2, 0.25) is 0 Å². The highest BCUT2D eigenvalue weighted by atomic mass is 19.1. The molecule has 160 valence electrons. The van der Waals surface area contributed by atoms with E-state index < -0.39 is 0 Å². The molecule has 1 fully saturated rings. The molecular formula is C26H24FN5. The molecule has 0 radical (unpaired) electrons. The van der Waals surface area contributed by atoms with E-state index in [1.807, 2.05) is 18.2 Å². The van der Waals surface area contributed by atoms with Crippen molar-refractivity contribution in [3.05, 3.63) is 84.7 Å². The number of hydrogen-bond donors (Lipinski definition) is 3. The van der Waals surface area contributed by atoms with Gasteiger partial charge < -0.3 is 15.6 Å². The maximum atomic E-state index is 13.5. The van der Waals surface area contributed by atoms with Gasteiger partial charge in [-0.25, -0.2) is 9.37 Å². The third kappa shape index (κ3) is 3.94. The average molecular weight is 426 g/mol. The molecule has 5 rings (SSSR count). The molecule has 0 spiro atoms. The number of nitrogens with one attached hydrogen (secondary N) is 3. The predicted octanol–water partition coefficient (Wildman–Crippen LogP) is 5.51. The number of rotatable bonds is 5. The Morgan fingerprint density at radius 1 is 1.00 bits per heavy atom. The second kappa shape index (κ2) is 8.79. The van der Waals surface area contributed by atoms with Crippen molar-refractivity contribution in [2.45, 2.75) is 12.8 Å². The van der Waals surface area contributed by atoms with Crippen LogP contribution in [0, 0.1) is 11.7 Å². The quantitative estimate of drug-likeness (QED) is 0.369. The van der Waals surface area contributed by atoms with Crippen LogP contribution in [0.25, 0.3) is 33.4 Å². The first kappa shape index (κ1) is 20.2. The van der Waals surface area contributed by atoms with Crippen LogP contribution < -0.4 is 10.6 Å². The first-order chi connectivity index (χ1) is 15.7. The predicted molar refractivity (Wildman–Crippen MR) is 127 cm³/mol. The molecule has 0 aliphatic carbocycles. The number of halogens is 1. The number of H-pyrrole nitrogens is 1. The van der Waals surface area contributed by atoms with Crippen LogP contribution in [0.5, 0.6) is 0 Å². The number of anilines is 1. The van der Waals surface area contributed by atoms with Gasteiger partial charge in [0.1, 0.15) is 17.3 Å². The van der Waals surface area contributed by atoms with Gasteiger partial charge in [0.25, 0.3) is 0 Å². The van der Waals surface area contributed by atoms with Crippen molar-refractivity contribution in [3.63, 3.8) is 0 Å². The Balaban J connectivity index is 1.58. The molecule has 1 aliphatic rings. The summed E-state index contributed by atoms with van der Waals surface area (Å²) in [6, 6.07) is 14.5. The van der Waals surface area contributed by atoms with Crippen molar-refractivity contribution >= 4 is 16.9 Å². The van der Waals surface area contributed by atoms with E-state index in [0.29, 0.717) is 5.92 Å². The van der Waals surface area contributed by atoms with Gasteiger partial charge in [0.05, 0.1) is 11.4 Å². The molecule has 3 N–H and O–H groups in total. The number of allylic oxidation sites excluding steroid dienone is 1.